The minimum Gasteiger partial charge on any atom is -0.478 e. The maximum absolute atomic E-state index is 12.7. The molecule has 0 aliphatic carbocycles. The fourth-order valence-corrected chi connectivity index (χ4v) is 5.62. The third-order valence-corrected chi connectivity index (χ3v) is 8.70. The van der Waals surface area contributed by atoms with Crippen LogP contribution in [-0.2, 0) is 9.53 Å². The summed E-state index contributed by atoms with van der Waals surface area (Å²) in [4.78, 5) is 29.8. The van der Waals surface area contributed by atoms with Crippen molar-refractivity contribution in [3.63, 3.8) is 0 Å². The lowest BCUT2D eigenvalue weighted by Crippen LogP contribution is -2.35. The van der Waals surface area contributed by atoms with Crippen LogP contribution < -0.4 is 10.4 Å². The number of esters is 1. The Morgan fingerprint density at radius 2 is 1.43 bits per heavy atom. The molecule has 0 saturated heterocycles. The van der Waals surface area contributed by atoms with Crippen LogP contribution in [0.3, 0.4) is 0 Å². The highest BCUT2D eigenvalue weighted by molar-refractivity contribution is 5.80. The van der Waals surface area contributed by atoms with E-state index in [2.05, 4.69) is 32.7 Å². The molecule has 0 N–H and O–H groups in total. The fourth-order valence-electron chi connectivity index (χ4n) is 5.62. The topological polar surface area (TPSA) is 78.6 Å². The van der Waals surface area contributed by atoms with Gasteiger partial charge in [-0.2, -0.15) is 4.98 Å². The zero-order chi connectivity index (χ0) is 32.3. The molecule has 0 aliphatic rings. The van der Waals surface area contributed by atoms with E-state index >= 15 is 0 Å². The number of rotatable bonds is 17. The Morgan fingerprint density at radius 3 is 2.07 bits per heavy atom. The van der Waals surface area contributed by atoms with Gasteiger partial charge in [-0.3, -0.25) is 4.79 Å². The zero-order valence-electron chi connectivity index (χ0n) is 28.5. The van der Waals surface area contributed by atoms with E-state index in [9.17, 15) is 9.59 Å². The molecule has 3 rings (SSSR count). The molecule has 1 aromatic carbocycles. The van der Waals surface area contributed by atoms with Gasteiger partial charge in [-0.05, 0) is 81.5 Å². The summed E-state index contributed by atoms with van der Waals surface area (Å²) in [6.07, 6.45) is 11.1. The number of hydrogen-bond acceptors (Lipinski definition) is 6. The van der Waals surface area contributed by atoms with Crippen molar-refractivity contribution >= 4 is 17.1 Å². The van der Waals surface area contributed by atoms with Crippen LogP contribution in [-0.4, -0.2) is 24.2 Å². The molecule has 0 bridgehead atoms. The molecule has 6 nitrogen and oxygen atoms in total. The van der Waals surface area contributed by atoms with E-state index in [1.807, 2.05) is 64.1 Å². The van der Waals surface area contributed by atoms with Gasteiger partial charge in [-0.15, -0.1) is 0 Å². The highest BCUT2D eigenvalue weighted by atomic mass is 16.5. The first-order valence-corrected chi connectivity index (χ1v) is 16.6. The van der Waals surface area contributed by atoms with E-state index in [4.69, 9.17) is 13.9 Å². The lowest BCUT2D eigenvalue weighted by Gasteiger charge is -2.34. The molecular weight excluding hydrogens is 550 g/mol. The number of unbranched alkanes of at least 4 members (excludes halogenated alkanes) is 8. The van der Waals surface area contributed by atoms with Crippen LogP contribution >= 0.6 is 0 Å². The zero-order valence-corrected chi connectivity index (χ0v) is 28.5. The van der Waals surface area contributed by atoms with E-state index < -0.39 is 5.41 Å². The number of ether oxygens (including phenoxy) is 2. The van der Waals surface area contributed by atoms with Gasteiger partial charge in [0.2, 0.25) is 11.6 Å². The minimum atomic E-state index is -0.451. The summed E-state index contributed by atoms with van der Waals surface area (Å²) >= 11 is 0. The van der Waals surface area contributed by atoms with Crippen LogP contribution in [0.1, 0.15) is 117 Å². The van der Waals surface area contributed by atoms with Crippen molar-refractivity contribution in [3.05, 3.63) is 57.9 Å². The average Bonchev–Trinajstić information content (AvgIpc) is 2.95. The van der Waals surface area contributed by atoms with Crippen LogP contribution in [0.15, 0.2) is 45.6 Å². The molecule has 0 fully saturated rings. The second kappa shape index (κ2) is 16.2. The van der Waals surface area contributed by atoms with Crippen LogP contribution in [0.25, 0.3) is 22.2 Å². The molecule has 0 saturated carbocycles. The van der Waals surface area contributed by atoms with Gasteiger partial charge in [0.05, 0.1) is 24.2 Å². The lowest BCUT2D eigenvalue weighted by atomic mass is 9.72. The molecule has 0 aliphatic heterocycles. The molecule has 242 valence electrons. The molecule has 2 aromatic heterocycles. The minimum absolute atomic E-state index is 0.0660. The van der Waals surface area contributed by atoms with Gasteiger partial charge < -0.3 is 13.9 Å². The molecule has 1 atom stereocenters. The molecule has 0 amide bonds. The summed E-state index contributed by atoms with van der Waals surface area (Å²) in [6.45, 7) is 18.0. The standard InChI is InChI=1S/C38H55NO5/c1-27-18-19-28(2)31(24-27)32-25-30-20-21-33(39-34(30)44-35(32)40)42-22-16-14-12-10-9-11-13-15-17-23-43-36(41)38(7,8)29(3)26-37(4,5)6/h18-21,24-25,29H,9-17,22-23,26H2,1-8H3. The lowest BCUT2D eigenvalue weighted by molar-refractivity contribution is -0.157. The summed E-state index contributed by atoms with van der Waals surface area (Å²) < 4.78 is 17.1. The van der Waals surface area contributed by atoms with Crippen molar-refractivity contribution in [2.24, 2.45) is 16.7 Å². The monoisotopic (exact) mass is 605 g/mol. The Kier molecular flexibility index (Phi) is 13.0. The molecule has 3 aromatic rings. The van der Waals surface area contributed by atoms with Crippen molar-refractivity contribution in [3.8, 4) is 17.0 Å². The van der Waals surface area contributed by atoms with Crippen LogP contribution in [0.4, 0.5) is 0 Å². The number of carbonyl (C=O) groups excluding carboxylic acids is 1. The van der Waals surface area contributed by atoms with E-state index in [0.29, 0.717) is 30.4 Å². The Bertz CT molecular complexity index is 1410. The first-order valence-electron chi connectivity index (χ1n) is 16.6. The number of aromatic nitrogens is 1. The molecule has 2 heterocycles. The highest BCUT2D eigenvalue weighted by Crippen LogP contribution is 2.37. The maximum Gasteiger partial charge on any atom is 0.345 e. The second-order valence-corrected chi connectivity index (χ2v) is 14.4. The largest absolute Gasteiger partial charge is 0.478 e. The van der Waals surface area contributed by atoms with E-state index in [1.165, 1.54) is 32.1 Å². The van der Waals surface area contributed by atoms with E-state index in [1.54, 1.807) is 0 Å². The van der Waals surface area contributed by atoms with Gasteiger partial charge in [0, 0.05) is 11.5 Å². The number of nitrogens with zero attached hydrogens (tertiary/aromatic N) is 1. The average molecular weight is 606 g/mol. The van der Waals surface area contributed by atoms with Crippen molar-refractivity contribution in [2.45, 2.75) is 120 Å². The quantitative estimate of drug-likeness (QED) is 0.113. The number of hydrogen-bond donors (Lipinski definition) is 0. The number of carbonyl (C=O) groups is 1. The third kappa shape index (κ3) is 10.8. The van der Waals surface area contributed by atoms with Gasteiger partial charge >= 0.3 is 11.6 Å². The van der Waals surface area contributed by atoms with Gasteiger partial charge in [0.15, 0.2) is 0 Å². The van der Waals surface area contributed by atoms with Crippen molar-refractivity contribution in [1.29, 1.82) is 0 Å². The van der Waals surface area contributed by atoms with Crippen molar-refractivity contribution in [2.75, 3.05) is 13.2 Å². The second-order valence-electron chi connectivity index (χ2n) is 14.4. The Labute approximate surface area is 265 Å². The van der Waals surface area contributed by atoms with Gasteiger partial charge in [-0.25, -0.2) is 4.79 Å². The van der Waals surface area contributed by atoms with Crippen LogP contribution in [0.2, 0.25) is 0 Å². The first kappa shape index (κ1) is 35.3. The molecule has 1 unspecified atom stereocenters. The van der Waals surface area contributed by atoms with Crippen molar-refractivity contribution in [1.82, 2.24) is 4.98 Å². The van der Waals surface area contributed by atoms with Gasteiger partial charge in [0.25, 0.3) is 0 Å². The third-order valence-electron chi connectivity index (χ3n) is 8.70. The Hall–Kier alpha value is -3.15. The van der Waals surface area contributed by atoms with Crippen LogP contribution in [0.5, 0.6) is 5.88 Å². The number of pyridine rings is 1. The fraction of sp³-hybridized carbons (Fsp3) is 0.605. The summed E-state index contributed by atoms with van der Waals surface area (Å²) in [7, 11) is 0. The van der Waals surface area contributed by atoms with E-state index in [-0.39, 0.29) is 22.9 Å². The maximum atomic E-state index is 12.7. The number of aryl methyl sites for hydroxylation is 2. The smallest absolute Gasteiger partial charge is 0.345 e. The number of fused-ring (bicyclic) bond motifs is 1. The summed E-state index contributed by atoms with van der Waals surface area (Å²) in [5, 5.41) is 0.777. The first-order chi connectivity index (χ1) is 20.8. The molecular formula is C38H55NO5. The van der Waals surface area contributed by atoms with E-state index in [0.717, 1.165) is 54.2 Å². The summed E-state index contributed by atoms with van der Waals surface area (Å²) in [5.41, 5.74) is 3.24. The van der Waals surface area contributed by atoms with Crippen LogP contribution in [0, 0.1) is 30.6 Å². The van der Waals surface area contributed by atoms with Crippen molar-refractivity contribution < 1.29 is 18.7 Å². The highest BCUT2D eigenvalue weighted by Gasteiger charge is 2.37. The Balaban J connectivity index is 1.26. The van der Waals surface area contributed by atoms with Gasteiger partial charge in [0.1, 0.15) is 0 Å². The number of benzene rings is 1. The normalized spacial score (nSPS) is 12.8. The Morgan fingerprint density at radius 1 is 0.818 bits per heavy atom. The molecule has 6 heteroatoms. The SMILES string of the molecule is Cc1ccc(C)c(-c2cc3ccc(OCCCCCCCCCCCOC(=O)C(C)(C)C(C)CC(C)(C)C)nc3oc2=O)c1. The summed E-state index contributed by atoms with van der Waals surface area (Å²) in [5.74, 6) is 0.696. The molecule has 0 radical (unpaired) electrons. The van der Waals surface area contributed by atoms with Gasteiger partial charge in [-0.1, -0.05) is 96.4 Å². The predicted octanol–water partition coefficient (Wildman–Crippen LogP) is 10.0. The summed E-state index contributed by atoms with van der Waals surface area (Å²) in [6, 6.07) is 11.7. The molecule has 44 heavy (non-hydrogen) atoms. The predicted molar refractivity (Wildman–Crippen MR) is 180 cm³/mol. The molecule has 0 spiro atoms.